The number of amides is 1. The highest BCUT2D eigenvalue weighted by molar-refractivity contribution is 5.83. The topological polar surface area (TPSA) is 72.9 Å². The Balaban J connectivity index is 4.91. The van der Waals surface area contributed by atoms with E-state index in [4.69, 9.17) is 9.47 Å². The fraction of sp³-hybridized carbons (Fsp3) is 0.800. The number of nitrogens with zero attached hydrogens (tertiary/aromatic N) is 1. The predicted octanol–water partition coefficient (Wildman–Crippen LogP) is 1.77. The van der Waals surface area contributed by atoms with Gasteiger partial charge in [0.2, 0.25) is 5.91 Å². The number of esters is 2. The molecule has 21 heavy (non-hydrogen) atoms. The quantitative estimate of drug-likeness (QED) is 0.607. The second-order valence-corrected chi connectivity index (χ2v) is 5.16. The van der Waals surface area contributed by atoms with Gasteiger partial charge in [0.05, 0.1) is 19.6 Å². The molecule has 0 heterocycles. The lowest BCUT2D eigenvalue weighted by Crippen LogP contribution is -2.46. The number of hydrogen-bond acceptors (Lipinski definition) is 5. The molecule has 0 saturated heterocycles. The maximum atomic E-state index is 12.1. The Morgan fingerprint density at radius 2 is 1.62 bits per heavy atom. The molecule has 1 unspecified atom stereocenters. The van der Waals surface area contributed by atoms with Crippen LogP contribution in [0.1, 0.15) is 47.5 Å². The Labute approximate surface area is 126 Å². The molecule has 0 rings (SSSR count). The van der Waals surface area contributed by atoms with Gasteiger partial charge in [-0.25, -0.2) is 4.79 Å². The van der Waals surface area contributed by atoms with E-state index in [9.17, 15) is 14.4 Å². The Morgan fingerprint density at radius 1 is 1.05 bits per heavy atom. The van der Waals surface area contributed by atoms with E-state index in [-0.39, 0.29) is 37.4 Å². The van der Waals surface area contributed by atoms with Crippen molar-refractivity contribution in [2.45, 2.75) is 53.5 Å². The van der Waals surface area contributed by atoms with Crippen LogP contribution in [0.5, 0.6) is 0 Å². The molecule has 0 fully saturated rings. The van der Waals surface area contributed by atoms with Gasteiger partial charge in [-0.1, -0.05) is 13.8 Å². The van der Waals surface area contributed by atoms with Crippen molar-refractivity contribution in [3.8, 4) is 0 Å². The summed E-state index contributed by atoms with van der Waals surface area (Å²) < 4.78 is 9.89. The zero-order valence-electron chi connectivity index (χ0n) is 13.7. The van der Waals surface area contributed by atoms with Crippen LogP contribution in [-0.2, 0) is 23.9 Å². The Hall–Kier alpha value is -1.59. The minimum atomic E-state index is -0.656. The van der Waals surface area contributed by atoms with Gasteiger partial charge in [-0.2, -0.15) is 0 Å². The second-order valence-electron chi connectivity index (χ2n) is 5.16. The third-order valence-electron chi connectivity index (χ3n) is 2.90. The van der Waals surface area contributed by atoms with Crippen molar-refractivity contribution in [3.63, 3.8) is 0 Å². The van der Waals surface area contributed by atoms with Crippen LogP contribution in [0.4, 0.5) is 0 Å². The smallest absolute Gasteiger partial charge is 0.328 e. The average Bonchev–Trinajstić information content (AvgIpc) is 2.37. The molecule has 1 atom stereocenters. The number of ether oxygens (including phenoxy) is 2. The van der Waals surface area contributed by atoms with E-state index in [0.717, 1.165) is 0 Å². The van der Waals surface area contributed by atoms with Crippen LogP contribution in [0.2, 0.25) is 0 Å². The van der Waals surface area contributed by atoms with Crippen LogP contribution in [0, 0.1) is 5.92 Å². The monoisotopic (exact) mass is 301 g/mol. The molecule has 6 nitrogen and oxygen atoms in total. The first-order valence-electron chi connectivity index (χ1n) is 7.42. The van der Waals surface area contributed by atoms with Gasteiger partial charge >= 0.3 is 11.9 Å². The van der Waals surface area contributed by atoms with Crippen LogP contribution in [0.3, 0.4) is 0 Å². The van der Waals surface area contributed by atoms with Crippen molar-refractivity contribution < 1.29 is 23.9 Å². The molecule has 0 aliphatic rings. The van der Waals surface area contributed by atoms with Gasteiger partial charge in [-0.05, 0) is 26.2 Å². The van der Waals surface area contributed by atoms with Crippen molar-refractivity contribution >= 4 is 17.8 Å². The number of carbonyl (C=O) groups excluding carboxylic acids is 3. The first-order chi connectivity index (χ1) is 9.83. The van der Waals surface area contributed by atoms with E-state index in [0.29, 0.717) is 13.0 Å². The Morgan fingerprint density at radius 3 is 2.05 bits per heavy atom. The van der Waals surface area contributed by atoms with Crippen LogP contribution in [-0.4, -0.2) is 48.5 Å². The van der Waals surface area contributed by atoms with Gasteiger partial charge in [-0.15, -0.1) is 0 Å². The summed E-state index contributed by atoms with van der Waals surface area (Å²) in [6.07, 6.45) is 0.572. The minimum Gasteiger partial charge on any atom is -0.466 e. The summed E-state index contributed by atoms with van der Waals surface area (Å²) in [5.74, 6) is -0.831. The van der Waals surface area contributed by atoms with Crippen molar-refractivity contribution in [2.24, 2.45) is 5.92 Å². The van der Waals surface area contributed by atoms with Gasteiger partial charge in [0.15, 0.2) is 0 Å². The molecule has 0 spiro atoms. The number of rotatable bonds is 9. The Kier molecular flexibility index (Phi) is 9.41. The van der Waals surface area contributed by atoms with Gasteiger partial charge in [0.1, 0.15) is 6.04 Å². The molecule has 0 aromatic heterocycles. The molecule has 0 aliphatic carbocycles. The van der Waals surface area contributed by atoms with E-state index in [2.05, 4.69) is 0 Å². The average molecular weight is 301 g/mol. The molecule has 0 saturated carbocycles. The lowest BCUT2D eigenvalue weighted by atomic mass is 10.0. The molecule has 122 valence electrons. The molecule has 0 aromatic rings. The first kappa shape index (κ1) is 19.4. The summed E-state index contributed by atoms with van der Waals surface area (Å²) in [4.78, 5) is 36.7. The Bertz CT molecular complexity index is 354. The molecule has 6 heteroatoms. The van der Waals surface area contributed by atoms with Crippen LogP contribution < -0.4 is 0 Å². The van der Waals surface area contributed by atoms with Crippen LogP contribution >= 0.6 is 0 Å². The predicted molar refractivity (Wildman–Crippen MR) is 78.5 cm³/mol. The SMILES string of the molecule is CCOC(=O)CCN(C(C)=O)C(CC(C)C)C(=O)OCC. The highest BCUT2D eigenvalue weighted by Crippen LogP contribution is 2.15. The summed E-state index contributed by atoms with van der Waals surface area (Å²) in [5.41, 5.74) is 0. The van der Waals surface area contributed by atoms with Crippen molar-refractivity contribution in [1.82, 2.24) is 4.90 Å². The fourth-order valence-corrected chi connectivity index (χ4v) is 2.01. The molecular weight excluding hydrogens is 274 g/mol. The number of carbonyl (C=O) groups is 3. The molecule has 1 amide bonds. The lowest BCUT2D eigenvalue weighted by Gasteiger charge is -2.30. The van der Waals surface area contributed by atoms with E-state index >= 15 is 0 Å². The number of hydrogen-bond donors (Lipinski definition) is 0. The molecule has 0 bridgehead atoms. The van der Waals surface area contributed by atoms with Gasteiger partial charge in [-0.3, -0.25) is 9.59 Å². The maximum Gasteiger partial charge on any atom is 0.328 e. The largest absolute Gasteiger partial charge is 0.466 e. The molecule has 0 aliphatic heterocycles. The highest BCUT2D eigenvalue weighted by atomic mass is 16.5. The van der Waals surface area contributed by atoms with E-state index < -0.39 is 12.0 Å². The standard InChI is InChI=1S/C15H27NO5/c1-6-20-14(18)8-9-16(12(5)17)13(10-11(3)4)15(19)21-7-2/h11,13H,6-10H2,1-5H3. The van der Waals surface area contributed by atoms with Crippen LogP contribution in [0.15, 0.2) is 0 Å². The summed E-state index contributed by atoms with van der Waals surface area (Å²) >= 11 is 0. The van der Waals surface area contributed by atoms with Crippen molar-refractivity contribution in [1.29, 1.82) is 0 Å². The van der Waals surface area contributed by atoms with Gasteiger partial charge < -0.3 is 14.4 Å². The van der Waals surface area contributed by atoms with Crippen molar-refractivity contribution in [3.05, 3.63) is 0 Å². The minimum absolute atomic E-state index is 0.0709. The summed E-state index contributed by atoms with van der Waals surface area (Å²) in [5, 5.41) is 0. The summed E-state index contributed by atoms with van der Waals surface area (Å²) in [6, 6.07) is -0.656. The molecule has 0 radical (unpaired) electrons. The van der Waals surface area contributed by atoms with Crippen molar-refractivity contribution in [2.75, 3.05) is 19.8 Å². The zero-order valence-corrected chi connectivity index (χ0v) is 13.7. The second kappa shape index (κ2) is 10.2. The van der Waals surface area contributed by atoms with E-state index in [1.807, 2.05) is 13.8 Å². The zero-order chi connectivity index (χ0) is 16.4. The van der Waals surface area contributed by atoms with Crippen LogP contribution in [0.25, 0.3) is 0 Å². The normalized spacial score (nSPS) is 11.9. The first-order valence-corrected chi connectivity index (χ1v) is 7.42. The lowest BCUT2D eigenvalue weighted by molar-refractivity contribution is -0.156. The third-order valence-corrected chi connectivity index (χ3v) is 2.90. The highest BCUT2D eigenvalue weighted by Gasteiger charge is 2.30. The summed E-state index contributed by atoms with van der Waals surface area (Å²) in [7, 11) is 0. The molecule has 0 N–H and O–H groups in total. The molecular formula is C15H27NO5. The summed E-state index contributed by atoms with van der Waals surface area (Å²) in [6.45, 7) is 9.49. The fourth-order valence-electron chi connectivity index (χ4n) is 2.01. The van der Waals surface area contributed by atoms with E-state index in [1.165, 1.54) is 11.8 Å². The maximum absolute atomic E-state index is 12.1. The molecule has 0 aromatic carbocycles. The third kappa shape index (κ3) is 7.68. The van der Waals surface area contributed by atoms with Gasteiger partial charge in [0, 0.05) is 13.5 Å². The van der Waals surface area contributed by atoms with Gasteiger partial charge in [0.25, 0.3) is 0 Å². The van der Waals surface area contributed by atoms with E-state index in [1.54, 1.807) is 13.8 Å².